The van der Waals surface area contributed by atoms with Crippen molar-refractivity contribution in [1.29, 1.82) is 0 Å². The fourth-order valence-electron chi connectivity index (χ4n) is 1.29. The predicted molar refractivity (Wildman–Crippen MR) is 58.9 cm³/mol. The summed E-state index contributed by atoms with van der Waals surface area (Å²) in [7, 11) is 0. The van der Waals surface area contributed by atoms with E-state index < -0.39 is 0 Å². The van der Waals surface area contributed by atoms with E-state index in [0.717, 1.165) is 11.5 Å². The number of H-pyrrole nitrogens is 1. The smallest absolute Gasteiger partial charge is 0.257 e. The minimum Gasteiger partial charge on any atom is -0.493 e. The molecule has 2 rings (SSSR count). The molecule has 1 aromatic heterocycles. The number of aromatic amines is 1. The number of hydrogen-bond acceptors (Lipinski definition) is 5. The van der Waals surface area contributed by atoms with Gasteiger partial charge in [0.05, 0.1) is 16.5 Å². The second-order valence-electron chi connectivity index (χ2n) is 2.91. The SMILES string of the molecule is O=c1[nH]cnc(O)c1CC1SCCS1. The van der Waals surface area contributed by atoms with Gasteiger partial charge < -0.3 is 10.1 Å². The lowest BCUT2D eigenvalue weighted by Crippen LogP contribution is -2.16. The second kappa shape index (κ2) is 4.27. The first-order chi connectivity index (χ1) is 6.77. The van der Waals surface area contributed by atoms with Crippen LogP contribution in [0.5, 0.6) is 5.88 Å². The second-order valence-corrected chi connectivity index (χ2v) is 5.83. The van der Waals surface area contributed by atoms with Crippen molar-refractivity contribution in [3.63, 3.8) is 0 Å². The van der Waals surface area contributed by atoms with E-state index in [9.17, 15) is 9.90 Å². The standard InChI is InChI=1S/C8H10N2O2S2/c11-7-5(8(12)10-4-9-7)3-6-13-1-2-14-6/h4,6H,1-3H2,(H2,9,10,11,12). The molecule has 0 radical (unpaired) electrons. The molecule has 0 spiro atoms. The molecule has 0 amide bonds. The van der Waals surface area contributed by atoms with Gasteiger partial charge in [0, 0.05) is 17.9 Å². The average molecular weight is 230 g/mol. The summed E-state index contributed by atoms with van der Waals surface area (Å²) in [5, 5.41) is 9.40. The summed E-state index contributed by atoms with van der Waals surface area (Å²) < 4.78 is 0.381. The van der Waals surface area contributed by atoms with Gasteiger partial charge in [-0.05, 0) is 0 Å². The maximum absolute atomic E-state index is 11.4. The molecule has 6 heteroatoms. The van der Waals surface area contributed by atoms with Crippen molar-refractivity contribution in [3.05, 3.63) is 22.2 Å². The molecule has 14 heavy (non-hydrogen) atoms. The highest BCUT2D eigenvalue weighted by molar-refractivity contribution is 8.20. The molecule has 4 nitrogen and oxygen atoms in total. The molecule has 1 aromatic rings. The molecule has 0 aromatic carbocycles. The third kappa shape index (κ3) is 2.06. The van der Waals surface area contributed by atoms with E-state index >= 15 is 0 Å². The van der Waals surface area contributed by atoms with Crippen molar-refractivity contribution in [1.82, 2.24) is 9.97 Å². The Labute approximate surface area is 89.5 Å². The van der Waals surface area contributed by atoms with E-state index in [-0.39, 0.29) is 11.4 Å². The molecule has 2 N–H and O–H groups in total. The molecule has 1 aliphatic heterocycles. The number of thioether (sulfide) groups is 2. The maximum atomic E-state index is 11.4. The number of nitrogens with zero attached hydrogens (tertiary/aromatic N) is 1. The van der Waals surface area contributed by atoms with E-state index in [0.29, 0.717) is 16.6 Å². The molecule has 1 aliphatic rings. The minimum absolute atomic E-state index is 0.137. The van der Waals surface area contributed by atoms with Crippen molar-refractivity contribution in [3.8, 4) is 5.88 Å². The Bertz CT molecular complexity index is 374. The highest BCUT2D eigenvalue weighted by atomic mass is 32.2. The van der Waals surface area contributed by atoms with Crippen molar-refractivity contribution in [2.75, 3.05) is 11.5 Å². The molecule has 0 unspecified atom stereocenters. The zero-order valence-corrected chi connectivity index (χ0v) is 9.03. The summed E-state index contributed by atoms with van der Waals surface area (Å²) in [6, 6.07) is 0. The van der Waals surface area contributed by atoms with E-state index in [1.807, 2.05) is 23.5 Å². The van der Waals surface area contributed by atoms with Crippen molar-refractivity contribution < 1.29 is 5.11 Å². The summed E-state index contributed by atoms with van der Waals surface area (Å²) in [6.45, 7) is 0. The van der Waals surface area contributed by atoms with E-state index in [4.69, 9.17) is 0 Å². The highest BCUT2D eigenvalue weighted by Gasteiger charge is 2.20. The van der Waals surface area contributed by atoms with Crippen molar-refractivity contribution >= 4 is 23.5 Å². The van der Waals surface area contributed by atoms with Crippen LogP contribution in [0, 0.1) is 0 Å². The van der Waals surface area contributed by atoms with Crippen LogP contribution in [0.15, 0.2) is 11.1 Å². The summed E-state index contributed by atoms with van der Waals surface area (Å²) in [5.41, 5.74) is 0.171. The van der Waals surface area contributed by atoms with Gasteiger partial charge >= 0.3 is 0 Å². The molecular formula is C8H10N2O2S2. The predicted octanol–water partition coefficient (Wildman–Crippen LogP) is 0.824. The van der Waals surface area contributed by atoms with Gasteiger partial charge in [-0.2, -0.15) is 0 Å². The van der Waals surface area contributed by atoms with Gasteiger partial charge in [0.15, 0.2) is 0 Å². The number of aromatic nitrogens is 2. The van der Waals surface area contributed by atoms with Crippen LogP contribution < -0.4 is 5.56 Å². The van der Waals surface area contributed by atoms with Crippen molar-refractivity contribution in [2.45, 2.75) is 11.0 Å². The van der Waals surface area contributed by atoms with Crippen molar-refractivity contribution in [2.24, 2.45) is 0 Å². The van der Waals surface area contributed by atoms with Crippen LogP contribution in [-0.4, -0.2) is 31.2 Å². The normalized spacial score (nSPS) is 17.4. The van der Waals surface area contributed by atoms with Gasteiger partial charge in [-0.1, -0.05) is 0 Å². The number of nitrogens with one attached hydrogen (secondary N) is 1. The molecule has 0 aliphatic carbocycles. The van der Waals surface area contributed by atoms with Crippen LogP contribution in [0.3, 0.4) is 0 Å². The number of aromatic hydroxyl groups is 1. The summed E-state index contributed by atoms with van der Waals surface area (Å²) >= 11 is 3.65. The Kier molecular flexibility index (Phi) is 3.02. The fourth-order valence-corrected chi connectivity index (χ4v) is 4.12. The monoisotopic (exact) mass is 230 g/mol. The topological polar surface area (TPSA) is 66.0 Å². The summed E-state index contributed by atoms with van der Waals surface area (Å²) in [4.78, 5) is 17.5. The van der Waals surface area contributed by atoms with E-state index in [1.165, 1.54) is 6.33 Å². The molecule has 2 heterocycles. The Balaban J connectivity index is 2.19. The Morgan fingerprint density at radius 2 is 2.29 bits per heavy atom. The van der Waals surface area contributed by atoms with Gasteiger partial charge in [-0.25, -0.2) is 4.98 Å². The van der Waals surface area contributed by atoms with Crippen LogP contribution in [0.4, 0.5) is 0 Å². The molecule has 0 atom stereocenters. The highest BCUT2D eigenvalue weighted by Crippen LogP contribution is 2.34. The maximum Gasteiger partial charge on any atom is 0.257 e. The first-order valence-corrected chi connectivity index (χ1v) is 6.36. The molecule has 0 saturated carbocycles. The van der Waals surface area contributed by atoms with Gasteiger partial charge in [-0.3, -0.25) is 4.79 Å². The molecule has 76 valence electrons. The van der Waals surface area contributed by atoms with Crippen LogP contribution in [-0.2, 0) is 6.42 Å². The van der Waals surface area contributed by atoms with Crippen LogP contribution in [0.2, 0.25) is 0 Å². The Morgan fingerprint density at radius 3 is 2.93 bits per heavy atom. The molecule has 1 saturated heterocycles. The lowest BCUT2D eigenvalue weighted by molar-refractivity contribution is 0.443. The fraction of sp³-hybridized carbons (Fsp3) is 0.500. The Hall–Kier alpha value is -0.620. The van der Waals surface area contributed by atoms with Crippen LogP contribution in [0.1, 0.15) is 5.56 Å². The third-order valence-electron chi connectivity index (χ3n) is 1.99. The summed E-state index contributed by atoms with van der Waals surface area (Å²) in [5.74, 6) is 2.10. The van der Waals surface area contributed by atoms with Gasteiger partial charge in [0.1, 0.15) is 0 Å². The first-order valence-electron chi connectivity index (χ1n) is 4.26. The largest absolute Gasteiger partial charge is 0.493 e. The number of hydrogen-bond donors (Lipinski definition) is 2. The average Bonchev–Trinajstić information content (AvgIpc) is 2.64. The number of rotatable bonds is 2. The van der Waals surface area contributed by atoms with Crippen LogP contribution >= 0.6 is 23.5 Å². The quantitative estimate of drug-likeness (QED) is 0.787. The summed E-state index contributed by atoms with van der Waals surface area (Å²) in [6.07, 6.45) is 1.81. The minimum atomic E-state index is -0.231. The Morgan fingerprint density at radius 1 is 1.57 bits per heavy atom. The van der Waals surface area contributed by atoms with Gasteiger partial charge in [-0.15, -0.1) is 23.5 Å². The van der Waals surface area contributed by atoms with E-state index in [2.05, 4.69) is 9.97 Å². The molecule has 1 fully saturated rings. The zero-order valence-electron chi connectivity index (χ0n) is 7.40. The third-order valence-corrected chi connectivity index (χ3v) is 5.02. The van der Waals surface area contributed by atoms with Crippen LogP contribution in [0.25, 0.3) is 0 Å². The molecule has 0 bridgehead atoms. The van der Waals surface area contributed by atoms with Gasteiger partial charge in [0.25, 0.3) is 5.56 Å². The lowest BCUT2D eigenvalue weighted by Gasteiger charge is -2.06. The van der Waals surface area contributed by atoms with E-state index in [1.54, 1.807) is 0 Å². The lowest BCUT2D eigenvalue weighted by atomic mass is 10.2. The molecular weight excluding hydrogens is 220 g/mol. The zero-order chi connectivity index (χ0) is 9.97. The van der Waals surface area contributed by atoms with Gasteiger partial charge in [0.2, 0.25) is 5.88 Å². The first kappa shape index (κ1) is 9.92.